The molecule has 0 aliphatic carbocycles. The highest BCUT2D eigenvalue weighted by Gasteiger charge is 2.16. The van der Waals surface area contributed by atoms with Gasteiger partial charge in [-0.15, -0.1) is 0 Å². The Hall–Kier alpha value is -0.200. The molecule has 0 aliphatic heterocycles. The van der Waals surface area contributed by atoms with E-state index in [1.807, 2.05) is 0 Å². The zero-order chi connectivity index (χ0) is 16.1. The monoisotopic (exact) mass is 313 g/mol. The molecule has 0 rings (SSSR count). The summed E-state index contributed by atoms with van der Waals surface area (Å²) in [5.41, 5.74) is 0. The van der Waals surface area contributed by atoms with Gasteiger partial charge in [-0.1, -0.05) is 12.8 Å². The Morgan fingerprint density at radius 2 is 1.25 bits per heavy atom. The highest BCUT2D eigenvalue weighted by atomic mass is 32.2. The van der Waals surface area contributed by atoms with E-state index in [0.717, 1.165) is 0 Å². The smallest absolute Gasteiger partial charge is 0.0945 e. The minimum absolute atomic E-state index is 0.320. The summed E-state index contributed by atoms with van der Waals surface area (Å²) in [5, 5.41) is 0. The van der Waals surface area contributed by atoms with Crippen LogP contribution in [0.1, 0.15) is 53.4 Å². The summed E-state index contributed by atoms with van der Waals surface area (Å²) < 4.78 is 42.9. The third-order valence-electron chi connectivity index (χ3n) is 3.96. The third-order valence-corrected chi connectivity index (χ3v) is 4.75. The molecular weight excluding hydrogens is 281 g/mol. The summed E-state index contributed by atoms with van der Waals surface area (Å²) in [7, 11) is -4.06. The summed E-state index contributed by atoms with van der Waals surface area (Å²) in [6.07, 6.45) is 2.09. The third kappa shape index (κ3) is 12.8. The van der Waals surface area contributed by atoms with Crippen LogP contribution in [0.4, 0.5) is 4.39 Å². The van der Waals surface area contributed by atoms with Gasteiger partial charge in [-0.3, -0.25) is 4.39 Å². The molecular formula is C14H32FNO3S. The van der Waals surface area contributed by atoms with Crippen LogP contribution in [0.5, 0.6) is 0 Å². The Morgan fingerprint density at radius 1 is 0.850 bits per heavy atom. The summed E-state index contributed by atoms with van der Waals surface area (Å²) in [4.78, 5) is 0. The first-order valence-electron chi connectivity index (χ1n) is 7.65. The van der Waals surface area contributed by atoms with Gasteiger partial charge in [0.05, 0.1) is 43.0 Å². The molecule has 0 N–H and O–H groups in total. The molecule has 0 unspecified atom stereocenters. The van der Waals surface area contributed by atoms with Gasteiger partial charge in [0.2, 0.25) is 0 Å². The second kappa shape index (κ2) is 12.5. The highest BCUT2D eigenvalue weighted by Crippen LogP contribution is 2.03. The van der Waals surface area contributed by atoms with E-state index in [2.05, 4.69) is 27.7 Å². The van der Waals surface area contributed by atoms with Crippen LogP contribution in [0.15, 0.2) is 0 Å². The van der Waals surface area contributed by atoms with E-state index in [1.165, 1.54) is 30.7 Å². The number of halogens is 1. The van der Waals surface area contributed by atoms with Crippen molar-refractivity contribution in [2.75, 3.05) is 38.6 Å². The molecule has 0 atom stereocenters. The molecule has 0 aromatic rings. The van der Waals surface area contributed by atoms with Gasteiger partial charge in [0.1, 0.15) is 0 Å². The molecule has 0 spiro atoms. The van der Waals surface area contributed by atoms with E-state index in [0.29, 0.717) is 25.7 Å². The van der Waals surface area contributed by atoms with Gasteiger partial charge in [-0.05, 0) is 40.5 Å². The summed E-state index contributed by atoms with van der Waals surface area (Å²) in [6.45, 7) is 13.9. The standard InChI is InChI=1S/C8H20N.C6H13FO3S/c1-5-9(6-2,7-3)8-4;7-5-3-1-2-4-6-11(8,9)10/h5-8H2,1-4H3;1-6H2,(H,8,9,10)/q+1;/p-1. The molecule has 4 nitrogen and oxygen atoms in total. The van der Waals surface area contributed by atoms with Crippen molar-refractivity contribution in [3.63, 3.8) is 0 Å². The Bertz CT molecular complexity index is 286. The Labute approximate surface area is 124 Å². The average molecular weight is 313 g/mol. The maximum atomic E-state index is 11.5. The lowest BCUT2D eigenvalue weighted by atomic mass is 10.2. The molecule has 6 heteroatoms. The fourth-order valence-electron chi connectivity index (χ4n) is 2.07. The van der Waals surface area contributed by atoms with Crippen LogP contribution >= 0.6 is 0 Å². The molecule has 0 amide bonds. The summed E-state index contributed by atoms with van der Waals surface area (Å²) >= 11 is 0. The van der Waals surface area contributed by atoms with Gasteiger partial charge in [0, 0.05) is 5.75 Å². The van der Waals surface area contributed by atoms with Gasteiger partial charge in [0.25, 0.3) is 0 Å². The summed E-state index contributed by atoms with van der Waals surface area (Å²) in [6, 6.07) is 0. The van der Waals surface area contributed by atoms with Gasteiger partial charge >= 0.3 is 0 Å². The van der Waals surface area contributed by atoms with Crippen molar-refractivity contribution in [3.05, 3.63) is 0 Å². The predicted octanol–water partition coefficient (Wildman–Crippen LogP) is 2.94. The number of nitrogens with zero attached hydrogens (tertiary/aromatic N) is 1. The fourth-order valence-corrected chi connectivity index (χ4v) is 2.63. The van der Waals surface area contributed by atoms with Crippen LogP contribution in [0.2, 0.25) is 0 Å². The molecule has 0 heterocycles. The maximum absolute atomic E-state index is 11.5. The molecule has 124 valence electrons. The Kier molecular flexibility index (Phi) is 13.8. The van der Waals surface area contributed by atoms with Crippen LogP contribution in [-0.2, 0) is 10.1 Å². The molecule has 20 heavy (non-hydrogen) atoms. The summed E-state index contributed by atoms with van der Waals surface area (Å²) in [5.74, 6) is -0.320. The van der Waals surface area contributed by atoms with E-state index in [4.69, 9.17) is 0 Å². The van der Waals surface area contributed by atoms with Crippen molar-refractivity contribution in [2.45, 2.75) is 53.4 Å². The van der Waals surface area contributed by atoms with Crippen LogP contribution < -0.4 is 0 Å². The predicted molar refractivity (Wildman–Crippen MR) is 81.4 cm³/mol. The fraction of sp³-hybridized carbons (Fsp3) is 1.00. The van der Waals surface area contributed by atoms with Crippen LogP contribution in [-0.4, -0.2) is 56.1 Å². The first-order chi connectivity index (χ1) is 9.30. The lowest BCUT2D eigenvalue weighted by molar-refractivity contribution is -0.921. The zero-order valence-corrected chi connectivity index (χ0v) is 14.3. The number of unbranched alkanes of at least 4 members (excludes halogenated alkanes) is 3. The van der Waals surface area contributed by atoms with E-state index in [1.54, 1.807) is 0 Å². The van der Waals surface area contributed by atoms with Crippen molar-refractivity contribution in [3.8, 4) is 0 Å². The molecule has 0 radical (unpaired) electrons. The number of hydrogen-bond acceptors (Lipinski definition) is 3. The number of quaternary nitrogens is 1. The number of hydrogen-bond donors (Lipinski definition) is 0. The molecule has 0 aliphatic rings. The lowest BCUT2D eigenvalue weighted by Gasteiger charge is -2.34. The molecule has 0 saturated carbocycles. The van der Waals surface area contributed by atoms with Gasteiger partial charge in [0.15, 0.2) is 0 Å². The Balaban J connectivity index is 0. The Morgan fingerprint density at radius 3 is 1.50 bits per heavy atom. The van der Waals surface area contributed by atoms with Crippen molar-refractivity contribution < 1.29 is 21.8 Å². The van der Waals surface area contributed by atoms with Crippen LogP contribution in [0, 0.1) is 0 Å². The quantitative estimate of drug-likeness (QED) is 0.354. The van der Waals surface area contributed by atoms with Crippen LogP contribution in [0.3, 0.4) is 0 Å². The van der Waals surface area contributed by atoms with E-state index < -0.39 is 10.1 Å². The van der Waals surface area contributed by atoms with Crippen molar-refractivity contribution in [1.82, 2.24) is 0 Å². The van der Waals surface area contributed by atoms with Crippen molar-refractivity contribution in [1.29, 1.82) is 0 Å². The van der Waals surface area contributed by atoms with Crippen LogP contribution in [0.25, 0.3) is 0 Å². The van der Waals surface area contributed by atoms with Gasteiger partial charge in [-0.25, -0.2) is 8.42 Å². The zero-order valence-electron chi connectivity index (χ0n) is 13.5. The first kappa shape index (κ1) is 22.1. The normalized spacial score (nSPS) is 11.9. The molecule has 0 aromatic carbocycles. The van der Waals surface area contributed by atoms with Crippen molar-refractivity contribution >= 4 is 10.1 Å². The van der Waals surface area contributed by atoms with Gasteiger partial charge < -0.3 is 9.04 Å². The first-order valence-corrected chi connectivity index (χ1v) is 9.23. The average Bonchev–Trinajstić information content (AvgIpc) is 2.41. The number of rotatable bonds is 10. The molecule has 0 saturated heterocycles. The maximum Gasteiger partial charge on any atom is 0.0945 e. The molecule has 0 fully saturated rings. The topological polar surface area (TPSA) is 57.2 Å². The SMILES string of the molecule is CC[N+](CC)(CC)CC.O=S(=O)([O-])CCCCCCF. The van der Waals surface area contributed by atoms with E-state index >= 15 is 0 Å². The number of alkyl halides is 1. The van der Waals surface area contributed by atoms with E-state index in [9.17, 15) is 17.4 Å². The highest BCUT2D eigenvalue weighted by molar-refractivity contribution is 7.85. The lowest BCUT2D eigenvalue weighted by Crippen LogP contribution is -2.47. The van der Waals surface area contributed by atoms with Gasteiger partial charge in [-0.2, -0.15) is 0 Å². The molecule has 0 aromatic heterocycles. The minimum Gasteiger partial charge on any atom is -0.748 e. The minimum atomic E-state index is -4.06. The largest absolute Gasteiger partial charge is 0.748 e. The van der Waals surface area contributed by atoms with Crippen molar-refractivity contribution in [2.24, 2.45) is 0 Å². The van der Waals surface area contributed by atoms with E-state index in [-0.39, 0.29) is 12.4 Å². The second-order valence-corrected chi connectivity index (χ2v) is 6.50. The second-order valence-electron chi connectivity index (χ2n) is 4.97. The molecule has 0 bridgehead atoms.